The number of likely N-dealkylation sites (tertiary alicyclic amines) is 1. The summed E-state index contributed by atoms with van der Waals surface area (Å²) in [5, 5.41) is 18.4. The van der Waals surface area contributed by atoms with E-state index in [1.807, 2.05) is 6.92 Å². The molecule has 0 saturated carbocycles. The normalized spacial score (nSPS) is 24.5. The molecular weight excluding hydrogens is 224 g/mol. The van der Waals surface area contributed by atoms with Gasteiger partial charge in [0.25, 0.3) is 0 Å². The zero-order valence-electron chi connectivity index (χ0n) is 10.3. The van der Waals surface area contributed by atoms with Crippen molar-refractivity contribution in [2.24, 2.45) is 5.92 Å². The molecule has 98 valence electrons. The third-order valence-corrected chi connectivity index (χ3v) is 3.17. The van der Waals surface area contributed by atoms with Crippen LogP contribution in [0.2, 0.25) is 0 Å². The molecule has 1 aliphatic rings. The van der Waals surface area contributed by atoms with Gasteiger partial charge in [-0.25, -0.2) is 4.79 Å². The van der Waals surface area contributed by atoms with Crippen molar-refractivity contribution in [2.75, 3.05) is 26.2 Å². The zero-order valence-corrected chi connectivity index (χ0v) is 10.3. The number of carbonyl (C=O) groups is 2. The second kappa shape index (κ2) is 5.86. The molecule has 0 spiro atoms. The van der Waals surface area contributed by atoms with Crippen molar-refractivity contribution in [2.45, 2.75) is 26.4 Å². The molecule has 1 aliphatic heterocycles. The Balaban J connectivity index is 2.59. The van der Waals surface area contributed by atoms with Crippen LogP contribution in [0.4, 0.5) is 4.79 Å². The van der Waals surface area contributed by atoms with Crippen LogP contribution in [0.3, 0.4) is 0 Å². The van der Waals surface area contributed by atoms with Gasteiger partial charge in [0.15, 0.2) is 0 Å². The van der Waals surface area contributed by atoms with E-state index < -0.39 is 12.1 Å². The molecule has 6 heteroatoms. The summed E-state index contributed by atoms with van der Waals surface area (Å²) in [4.78, 5) is 25.4. The number of carboxylic acid groups (broad SMARTS) is 1. The van der Waals surface area contributed by atoms with E-state index in [0.29, 0.717) is 13.1 Å². The summed E-state index contributed by atoms with van der Waals surface area (Å²) >= 11 is 0. The first kappa shape index (κ1) is 13.8. The summed E-state index contributed by atoms with van der Waals surface area (Å²) < 4.78 is 0. The number of nitrogens with zero attached hydrogens (tertiary/aromatic N) is 2. The summed E-state index contributed by atoms with van der Waals surface area (Å²) in [7, 11) is 0. The topological polar surface area (TPSA) is 81.1 Å². The van der Waals surface area contributed by atoms with Gasteiger partial charge in [0.2, 0.25) is 0 Å². The Kier molecular flexibility index (Phi) is 4.74. The second-order valence-corrected chi connectivity index (χ2v) is 4.47. The van der Waals surface area contributed by atoms with Crippen LogP contribution in [-0.4, -0.2) is 64.3 Å². The van der Waals surface area contributed by atoms with Crippen molar-refractivity contribution in [3.8, 4) is 0 Å². The molecule has 1 saturated heterocycles. The average molecular weight is 244 g/mol. The number of β-amino-alcohol motifs (C(OH)–C–C–N with tert-alkyl or cyclic N) is 1. The maximum Gasteiger partial charge on any atom is 0.323 e. The van der Waals surface area contributed by atoms with Crippen molar-refractivity contribution in [1.29, 1.82) is 0 Å². The SMILES string of the molecule is CCN(CC(=O)O)C(=O)N1CCC(C)C(O)C1. The summed E-state index contributed by atoms with van der Waals surface area (Å²) in [6.45, 7) is 4.61. The molecule has 2 unspecified atom stereocenters. The number of amides is 2. The molecule has 0 aromatic carbocycles. The van der Waals surface area contributed by atoms with Crippen LogP contribution < -0.4 is 0 Å². The Morgan fingerprint density at radius 1 is 1.47 bits per heavy atom. The van der Waals surface area contributed by atoms with E-state index in [9.17, 15) is 14.7 Å². The number of aliphatic carboxylic acids is 1. The molecule has 1 heterocycles. The lowest BCUT2D eigenvalue weighted by atomic mass is 9.96. The molecule has 1 fully saturated rings. The highest BCUT2D eigenvalue weighted by Gasteiger charge is 2.29. The molecular formula is C11H20N2O4. The number of hydrogen-bond acceptors (Lipinski definition) is 3. The second-order valence-electron chi connectivity index (χ2n) is 4.47. The Bertz CT molecular complexity index is 295. The smallest absolute Gasteiger partial charge is 0.323 e. The first-order valence-corrected chi connectivity index (χ1v) is 5.89. The Hall–Kier alpha value is -1.30. The lowest BCUT2D eigenvalue weighted by Gasteiger charge is -2.36. The maximum atomic E-state index is 12.0. The Morgan fingerprint density at radius 3 is 2.59 bits per heavy atom. The summed E-state index contributed by atoms with van der Waals surface area (Å²) in [6, 6.07) is -0.305. The fourth-order valence-electron chi connectivity index (χ4n) is 1.90. The lowest BCUT2D eigenvalue weighted by Crippen LogP contribution is -2.51. The average Bonchev–Trinajstić information content (AvgIpc) is 2.28. The van der Waals surface area contributed by atoms with E-state index in [1.54, 1.807) is 6.92 Å². The van der Waals surface area contributed by atoms with Crippen molar-refractivity contribution >= 4 is 12.0 Å². The highest BCUT2D eigenvalue weighted by Crippen LogP contribution is 2.18. The van der Waals surface area contributed by atoms with E-state index in [1.165, 1.54) is 9.80 Å². The van der Waals surface area contributed by atoms with Gasteiger partial charge < -0.3 is 20.0 Å². The Labute approximate surface area is 101 Å². The standard InChI is InChI=1S/C11H20N2O4/c1-3-12(7-10(15)16)11(17)13-5-4-8(2)9(14)6-13/h8-9,14H,3-7H2,1-2H3,(H,15,16). The van der Waals surface area contributed by atoms with Gasteiger partial charge in [-0.1, -0.05) is 6.92 Å². The molecule has 0 bridgehead atoms. The predicted molar refractivity (Wildman–Crippen MR) is 61.6 cm³/mol. The molecule has 0 aromatic rings. The van der Waals surface area contributed by atoms with Crippen LogP contribution in [-0.2, 0) is 4.79 Å². The monoisotopic (exact) mass is 244 g/mol. The summed E-state index contributed by atoms with van der Waals surface area (Å²) in [5.41, 5.74) is 0. The molecule has 2 atom stereocenters. The summed E-state index contributed by atoms with van der Waals surface area (Å²) in [6.07, 6.45) is 0.230. The van der Waals surface area contributed by atoms with Crippen LogP contribution in [0.1, 0.15) is 20.3 Å². The highest BCUT2D eigenvalue weighted by atomic mass is 16.4. The fraction of sp³-hybridized carbons (Fsp3) is 0.818. The van der Waals surface area contributed by atoms with E-state index in [2.05, 4.69) is 0 Å². The quantitative estimate of drug-likeness (QED) is 0.744. The number of rotatable bonds is 3. The lowest BCUT2D eigenvalue weighted by molar-refractivity contribution is -0.137. The third kappa shape index (κ3) is 3.59. The minimum atomic E-state index is -1.02. The van der Waals surface area contributed by atoms with E-state index in [-0.39, 0.29) is 25.0 Å². The number of carboxylic acids is 1. The van der Waals surface area contributed by atoms with E-state index in [4.69, 9.17) is 5.11 Å². The number of aliphatic hydroxyl groups is 1. The van der Waals surface area contributed by atoms with E-state index in [0.717, 1.165) is 6.42 Å². The molecule has 1 rings (SSSR count). The molecule has 0 aromatic heterocycles. The first-order chi connectivity index (χ1) is 7.95. The number of hydrogen-bond donors (Lipinski definition) is 2. The molecule has 17 heavy (non-hydrogen) atoms. The zero-order chi connectivity index (χ0) is 13.0. The van der Waals surface area contributed by atoms with Gasteiger partial charge in [-0.3, -0.25) is 4.79 Å². The Morgan fingerprint density at radius 2 is 2.12 bits per heavy atom. The molecule has 2 N–H and O–H groups in total. The number of piperidine rings is 1. The highest BCUT2D eigenvalue weighted by molar-refractivity contribution is 5.80. The van der Waals surface area contributed by atoms with Gasteiger partial charge in [0.1, 0.15) is 6.54 Å². The van der Waals surface area contributed by atoms with Crippen molar-refractivity contribution in [1.82, 2.24) is 9.80 Å². The van der Waals surface area contributed by atoms with E-state index >= 15 is 0 Å². The number of likely N-dealkylation sites (N-methyl/N-ethyl adjacent to an activating group) is 1. The first-order valence-electron chi connectivity index (χ1n) is 5.89. The van der Waals surface area contributed by atoms with Crippen molar-refractivity contribution < 1.29 is 19.8 Å². The largest absolute Gasteiger partial charge is 0.480 e. The molecule has 2 amide bonds. The van der Waals surface area contributed by atoms with Crippen molar-refractivity contribution in [3.05, 3.63) is 0 Å². The van der Waals surface area contributed by atoms with Gasteiger partial charge in [-0.15, -0.1) is 0 Å². The number of carbonyl (C=O) groups excluding carboxylic acids is 1. The summed E-state index contributed by atoms with van der Waals surface area (Å²) in [5.74, 6) is -0.834. The minimum Gasteiger partial charge on any atom is -0.480 e. The molecule has 0 radical (unpaired) electrons. The number of aliphatic hydroxyl groups excluding tert-OH is 1. The molecule has 6 nitrogen and oxygen atoms in total. The van der Waals surface area contributed by atoms with Crippen LogP contribution in [0.15, 0.2) is 0 Å². The maximum absolute atomic E-state index is 12.0. The third-order valence-electron chi connectivity index (χ3n) is 3.17. The fourth-order valence-corrected chi connectivity index (χ4v) is 1.90. The van der Waals surface area contributed by atoms with Crippen LogP contribution in [0.5, 0.6) is 0 Å². The predicted octanol–water partition coefficient (Wildman–Crippen LogP) is 0.216. The van der Waals surface area contributed by atoms with Gasteiger partial charge in [0, 0.05) is 19.6 Å². The van der Waals surface area contributed by atoms with Crippen LogP contribution >= 0.6 is 0 Å². The van der Waals surface area contributed by atoms with Crippen molar-refractivity contribution in [3.63, 3.8) is 0 Å². The van der Waals surface area contributed by atoms with Gasteiger partial charge >= 0.3 is 12.0 Å². The molecule has 0 aliphatic carbocycles. The minimum absolute atomic E-state index is 0.189. The van der Waals surface area contributed by atoms with Crippen LogP contribution in [0.25, 0.3) is 0 Å². The van der Waals surface area contributed by atoms with Crippen LogP contribution in [0, 0.1) is 5.92 Å². The van der Waals surface area contributed by atoms with Gasteiger partial charge in [-0.05, 0) is 19.3 Å². The van der Waals surface area contributed by atoms with Gasteiger partial charge in [-0.2, -0.15) is 0 Å². The van der Waals surface area contributed by atoms with Gasteiger partial charge in [0.05, 0.1) is 6.10 Å². The number of urea groups is 1.